The van der Waals surface area contributed by atoms with Gasteiger partial charge in [0, 0.05) is 12.3 Å². The van der Waals surface area contributed by atoms with E-state index in [2.05, 4.69) is 0 Å². The van der Waals surface area contributed by atoms with E-state index in [4.69, 9.17) is 5.11 Å². The zero-order valence-corrected chi connectivity index (χ0v) is 4.40. The molecule has 0 saturated heterocycles. The molecule has 1 saturated carbocycles. The first-order valence-corrected chi connectivity index (χ1v) is 2.65. The molecular formula is C5H8F2O. The van der Waals surface area contributed by atoms with Crippen molar-refractivity contribution >= 4 is 0 Å². The van der Waals surface area contributed by atoms with Crippen LogP contribution in [0.15, 0.2) is 0 Å². The summed E-state index contributed by atoms with van der Waals surface area (Å²) in [6, 6.07) is 0. The van der Waals surface area contributed by atoms with Crippen LogP contribution in [0, 0.1) is 5.92 Å². The first-order valence-electron chi connectivity index (χ1n) is 2.65. The van der Waals surface area contributed by atoms with E-state index in [9.17, 15) is 8.78 Å². The van der Waals surface area contributed by atoms with Crippen molar-refractivity contribution in [1.82, 2.24) is 0 Å². The highest BCUT2D eigenvalue weighted by Crippen LogP contribution is 2.42. The van der Waals surface area contributed by atoms with Crippen molar-refractivity contribution in [1.29, 1.82) is 0 Å². The van der Waals surface area contributed by atoms with Gasteiger partial charge >= 0.3 is 0 Å². The Morgan fingerprint density at radius 1 is 1.62 bits per heavy atom. The highest BCUT2D eigenvalue weighted by atomic mass is 19.3. The molecule has 0 aliphatic heterocycles. The molecule has 1 aliphatic rings. The molecule has 0 aromatic rings. The maximum Gasteiger partial charge on any atom is 0.253 e. The van der Waals surface area contributed by atoms with E-state index in [0.717, 1.165) is 0 Å². The summed E-state index contributed by atoms with van der Waals surface area (Å²) in [6.45, 7) is -0.368. The predicted octanol–water partition coefficient (Wildman–Crippen LogP) is 1.02. The van der Waals surface area contributed by atoms with Gasteiger partial charge in [0.25, 0.3) is 5.92 Å². The topological polar surface area (TPSA) is 20.2 Å². The summed E-state index contributed by atoms with van der Waals surface area (Å²) in [4.78, 5) is 0. The van der Waals surface area contributed by atoms with E-state index in [1.807, 2.05) is 0 Å². The van der Waals surface area contributed by atoms with Crippen molar-refractivity contribution in [2.24, 2.45) is 5.92 Å². The fraction of sp³-hybridized carbons (Fsp3) is 1.00. The molecule has 1 fully saturated rings. The zero-order chi connectivity index (χ0) is 6.20. The maximum atomic E-state index is 12.0. The number of hydrogen-bond donors (Lipinski definition) is 1. The summed E-state index contributed by atoms with van der Waals surface area (Å²) >= 11 is 0. The molecule has 0 aromatic heterocycles. The first kappa shape index (κ1) is 5.95. The highest BCUT2D eigenvalue weighted by Gasteiger charge is 2.47. The third kappa shape index (κ3) is 0.708. The zero-order valence-electron chi connectivity index (χ0n) is 4.40. The molecule has 1 aliphatic carbocycles. The van der Waals surface area contributed by atoms with Crippen LogP contribution in [0.1, 0.15) is 12.8 Å². The predicted molar refractivity (Wildman–Crippen MR) is 24.8 cm³/mol. The smallest absolute Gasteiger partial charge is 0.253 e. The third-order valence-electron chi connectivity index (χ3n) is 1.64. The molecule has 0 amide bonds. The van der Waals surface area contributed by atoms with Gasteiger partial charge in [-0.05, 0) is 6.42 Å². The lowest BCUT2D eigenvalue weighted by Crippen LogP contribution is -2.40. The van der Waals surface area contributed by atoms with E-state index in [0.29, 0.717) is 6.42 Å². The summed E-state index contributed by atoms with van der Waals surface area (Å²) in [5.41, 5.74) is 0. The number of alkyl halides is 2. The molecule has 1 N–H and O–H groups in total. The third-order valence-corrected chi connectivity index (χ3v) is 1.64. The molecule has 0 aromatic carbocycles. The number of halogens is 2. The fourth-order valence-corrected chi connectivity index (χ4v) is 0.792. The molecule has 1 nitrogen and oxygen atoms in total. The van der Waals surface area contributed by atoms with Crippen LogP contribution >= 0.6 is 0 Å². The minimum Gasteiger partial charge on any atom is -0.396 e. The van der Waals surface area contributed by atoms with Crippen molar-refractivity contribution in [2.75, 3.05) is 6.61 Å². The van der Waals surface area contributed by atoms with Gasteiger partial charge in [-0.2, -0.15) is 0 Å². The lowest BCUT2D eigenvalue weighted by atomic mass is 9.82. The average molecular weight is 122 g/mol. The molecule has 0 radical (unpaired) electrons. The average Bonchev–Trinajstić information content (AvgIpc) is 1.66. The molecule has 0 spiro atoms. The van der Waals surface area contributed by atoms with Crippen LogP contribution in [0.25, 0.3) is 0 Å². The van der Waals surface area contributed by atoms with Crippen LogP contribution < -0.4 is 0 Å². The lowest BCUT2D eigenvalue weighted by Gasteiger charge is -2.34. The Morgan fingerprint density at radius 2 is 2.25 bits per heavy atom. The Labute approximate surface area is 46.3 Å². The van der Waals surface area contributed by atoms with Crippen molar-refractivity contribution < 1.29 is 13.9 Å². The maximum absolute atomic E-state index is 12.0. The van der Waals surface area contributed by atoms with Crippen molar-refractivity contribution in [3.8, 4) is 0 Å². The highest BCUT2D eigenvalue weighted by molar-refractivity contribution is 4.86. The van der Waals surface area contributed by atoms with E-state index in [-0.39, 0.29) is 13.0 Å². The molecule has 0 unspecified atom stereocenters. The summed E-state index contributed by atoms with van der Waals surface area (Å²) in [5, 5.41) is 8.24. The van der Waals surface area contributed by atoms with Gasteiger partial charge < -0.3 is 5.11 Å². The number of aliphatic hydroxyl groups excluding tert-OH is 1. The van der Waals surface area contributed by atoms with Gasteiger partial charge in [0.15, 0.2) is 0 Å². The minimum atomic E-state index is -2.56. The number of rotatable bonds is 1. The summed E-state index contributed by atoms with van der Waals surface area (Å²) in [7, 11) is 0. The van der Waals surface area contributed by atoms with Crippen LogP contribution in [-0.2, 0) is 0 Å². The largest absolute Gasteiger partial charge is 0.396 e. The van der Waals surface area contributed by atoms with Crippen LogP contribution in [-0.4, -0.2) is 17.6 Å². The van der Waals surface area contributed by atoms with E-state index < -0.39 is 11.8 Å². The SMILES string of the molecule is OC[C@H]1CCC1(F)F. The van der Waals surface area contributed by atoms with Crippen LogP contribution in [0.3, 0.4) is 0 Å². The van der Waals surface area contributed by atoms with Crippen LogP contribution in [0.5, 0.6) is 0 Å². The molecule has 3 heteroatoms. The molecule has 48 valence electrons. The Balaban J connectivity index is 2.37. The summed E-state index contributed by atoms with van der Waals surface area (Å²) in [6.07, 6.45) is 0.432. The van der Waals surface area contributed by atoms with Crippen molar-refractivity contribution in [2.45, 2.75) is 18.8 Å². The van der Waals surface area contributed by atoms with E-state index in [1.165, 1.54) is 0 Å². The Hall–Kier alpha value is -0.180. The van der Waals surface area contributed by atoms with Gasteiger partial charge in [-0.15, -0.1) is 0 Å². The summed E-state index contributed by atoms with van der Waals surface area (Å²) < 4.78 is 24.1. The Bertz CT molecular complexity index is 90.4. The van der Waals surface area contributed by atoms with Crippen molar-refractivity contribution in [3.63, 3.8) is 0 Å². The molecule has 0 heterocycles. The first-order chi connectivity index (χ1) is 3.67. The molecular weight excluding hydrogens is 114 g/mol. The van der Waals surface area contributed by atoms with Gasteiger partial charge in [-0.1, -0.05) is 0 Å². The normalized spacial score (nSPS) is 34.1. The monoisotopic (exact) mass is 122 g/mol. The molecule has 0 bridgehead atoms. The van der Waals surface area contributed by atoms with Gasteiger partial charge in [0.2, 0.25) is 0 Å². The van der Waals surface area contributed by atoms with Crippen LogP contribution in [0.4, 0.5) is 8.78 Å². The van der Waals surface area contributed by atoms with Gasteiger partial charge in [-0.3, -0.25) is 0 Å². The second-order valence-electron chi connectivity index (χ2n) is 2.18. The molecule has 1 rings (SSSR count). The fourth-order valence-electron chi connectivity index (χ4n) is 0.792. The quantitative estimate of drug-likeness (QED) is 0.550. The minimum absolute atomic E-state index is 0.0434. The number of hydrogen-bond acceptors (Lipinski definition) is 1. The van der Waals surface area contributed by atoms with Gasteiger partial charge in [0.1, 0.15) is 0 Å². The van der Waals surface area contributed by atoms with Crippen LogP contribution in [0.2, 0.25) is 0 Å². The standard InChI is InChI=1S/C5H8F2O/c6-5(7)2-1-4(5)3-8/h4,8H,1-3H2/t4-/m1/s1. The molecule has 1 atom stereocenters. The van der Waals surface area contributed by atoms with Crippen molar-refractivity contribution in [3.05, 3.63) is 0 Å². The number of aliphatic hydroxyl groups is 1. The van der Waals surface area contributed by atoms with E-state index >= 15 is 0 Å². The second-order valence-corrected chi connectivity index (χ2v) is 2.18. The molecule has 8 heavy (non-hydrogen) atoms. The lowest BCUT2D eigenvalue weighted by molar-refractivity contribution is -0.146. The second kappa shape index (κ2) is 1.65. The van der Waals surface area contributed by atoms with Gasteiger partial charge in [-0.25, -0.2) is 8.78 Å². The van der Waals surface area contributed by atoms with Gasteiger partial charge in [0.05, 0.1) is 6.61 Å². The Kier molecular flexibility index (Phi) is 1.23. The van der Waals surface area contributed by atoms with E-state index in [1.54, 1.807) is 0 Å². The summed E-state index contributed by atoms with van der Waals surface area (Å²) in [5.74, 6) is -3.31. The Morgan fingerprint density at radius 3 is 2.25 bits per heavy atom.